The molecule has 0 unspecified atom stereocenters. The van der Waals surface area contributed by atoms with Crippen LogP contribution >= 0.6 is 24.0 Å². The third-order valence-electron chi connectivity index (χ3n) is 5.58. The molecule has 2 N–H and O–H groups in total. The molecule has 0 atom stereocenters. The molecule has 2 aliphatic rings. The van der Waals surface area contributed by atoms with Gasteiger partial charge in [-0.2, -0.15) is 0 Å². The van der Waals surface area contributed by atoms with Crippen molar-refractivity contribution in [3.8, 4) is 5.75 Å². The van der Waals surface area contributed by atoms with Gasteiger partial charge in [0, 0.05) is 51.9 Å². The maximum Gasteiger partial charge on any atom is 0.191 e. The van der Waals surface area contributed by atoms with Crippen molar-refractivity contribution < 1.29 is 9.47 Å². The Labute approximate surface area is 198 Å². The van der Waals surface area contributed by atoms with Crippen molar-refractivity contribution in [2.75, 3.05) is 72.7 Å². The van der Waals surface area contributed by atoms with Crippen molar-refractivity contribution in [1.29, 1.82) is 0 Å². The SMILES string of the molecule is CN=C(NCCN1CCCCC1)NCc1ccccc1OCCN1CCOCC1.I. The molecule has 2 saturated heterocycles. The predicted octanol–water partition coefficient (Wildman–Crippen LogP) is 2.17. The molecule has 1 aromatic rings. The normalized spacial score (nSPS) is 18.5. The van der Waals surface area contributed by atoms with Gasteiger partial charge in [0.05, 0.1) is 13.2 Å². The molecule has 0 bridgehead atoms. The van der Waals surface area contributed by atoms with Crippen LogP contribution < -0.4 is 15.4 Å². The number of halogens is 1. The van der Waals surface area contributed by atoms with Crippen LogP contribution in [0, 0.1) is 0 Å². The summed E-state index contributed by atoms with van der Waals surface area (Å²) in [6.45, 7) is 10.4. The number of ether oxygens (including phenoxy) is 2. The van der Waals surface area contributed by atoms with E-state index in [1.165, 1.54) is 32.4 Å². The Bertz CT molecular complexity index is 619. The smallest absolute Gasteiger partial charge is 0.191 e. The summed E-state index contributed by atoms with van der Waals surface area (Å²) in [6.07, 6.45) is 4.03. The van der Waals surface area contributed by atoms with Gasteiger partial charge in [-0.1, -0.05) is 24.6 Å². The monoisotopic (exact) mass is 531 g/mol. The van der Waals surface area contributed by atoms with Gasteiger partial charge in [0.15, 0.2) is 5.96 Å². The van der Waals surface area contributed by atoms with Crippen molar-refractivity contribution >= 4 is 29.9 Å². The molecule has 0 aromatic heterocycles. The molecule has 0 saturated carbocycles. The van der Waals surface area contributed by atoms with Gasteiger partial charge in [-0.05, 0) is 32.0 Å². The number of guanidine groups is 1. The number of para-hydroxylation sites is 1. The van der Waals surface area contributed by atoms with E-state index in [2.05, 4.69) is 37.6 Å². The second-order valence-electron chi connectivity index (χ2n) is 7.67. The number of aliphatic imine (C=N–C) groups is 1. The van der Waals surface area contributed by atoms with Crippen LogP contribution in [0.3, 0.4) is 0 Å². The van der Waals surface area contributed by atoms with E-state index in [-0.39, 0.29) is 24.0 Å². The van der Waals surface area contributed by atoms with Gasteiger partial charge >= 0.3 is 0 Å². The molecule has 7 nitrogen and oxygen atoms in total. The number of likely N-dealkylation sites (tertiary alicyclic amines) is 1. The molecule has 0 spiro atoms. The molecule has 1 aromatic carbocycles. The Hall–Kier alpha value is -1.10. The molecule has 170 valence electrons. The summed E-state index contributed by atoms with van der Waals surface area (Å²) in [5, 5.41) is 6.85. The lowest BCUT2D eigenvalue weighted by Crippen LogP contribution is -2.42. The molecule has 3 rings (SSSR count). The van der Waals surface area contributed by atoms with E-state index in [4.69, 9.17) is 9.47 Å². The molecule has 0 amide bonds. The lowest BCUT2D eigenvalue weighted by Gasteiger charge is -2.27. The Morgan fingerprint density at radius 3 is 2.50 bits per heavy atom. The third-order valence-corrected chi connectivity index (χ3v) is 5.58. The van der Waals surface area contributed by atoms with Gasteiger partial charge in [0.1, 0.15) is 12.4 Å². The summed E-state index contributed by atoms with van der Waals surface area (Å²) >= 11 is 0. The first-order valence-corrected chi connectivity index (χ1v) is 11.0. The first-order chi connectivity index (χ1) is 14.3. The van der Waals surface area contributed by atoms with E-state index in [9.17, 15) is 0 Å². The fraction of sp³-hybridized carbons (Fsp3) is 0.682. The van der Waals surface area contributed by atoms with Crippen LogP contribution in [0.25, 0.3) is 0 Å². The highest BCUT2D eigenvalue weighted by molar-refractivity contribution is 14.0. The Balaban J connectivity index is 0.00000320. The standard InChI is InChI=1S/C22H37N5O2.HI/c1-23-22(24-9-12-26-10-5-2-6-11-26)25-19-20-7-3-4-8-21(20)29-18-15-27-13-16-28-17-14-27;/h3-4,7-8H,2,5-6,9-19H2,1H3,(H2,23,24,25);1H. The fourth-order valence-electron chi connectivity index (χ4n) is 3.82. The van der Waals surface area contributed by atoms with Crippen molar-refractivity contribution in [2.45, 2.75) is 25.8 Å². The lowest BCUT2D eigenvalue weighted by molar-refractivity contribution is 0.0322. The van der Waals surface area contributed by atoms with E-state index in [1.54, 1.807) is 0 Å². The number of benzene rings is 1. The lowest BCUT2D eigenvalue weighted by atomic mass is 10.1. The first-order valence-electron chi connectivity index (χ1n) is 11.0. The number of morpholine rings is 1. The zero-order valence-electron chi connectivity index (χ0n) is 18.3. The number of hydrogen-bond acceptors (Lipinski definition) is 5. The van der Waals surface area contributed by atoms with Crippen LogP contribution in [0.2, 0.25) is 0 Å². The summed E-state index contributed by atoms with van der Waals surface area (Å²) in [7, 11) is 1.82. The van der Waals surface area contributed by atoms with Crippen LogP contribution in [-0.4, -0.2) is 88.4 Å². The topological polar surface area (TPSA) is 61.4 Å². The molecule has 0 radical (unpaired) electrons. The predicted molar refractivity (Wildman–Crippen MR) is 133 cm³/mol. The second kappa shape index (κ2) is 14.8. The summed E-state index contributed by atoms with van der Waals surface area (Å²) in [4.78, 5) is 9.27. The largest absolute Gasteiger partial charge is 0.492 e. The van der Waals surface area contributed by atoms with Crippen molar-refractivity contribution in [3.05, 3.63) is 29.8 Å². The summed E-state index contributed by atoms with van der Waals surface area (Å²) in [6, 6.07) is 8.23. The molecule has 0 aliphatic carbocycles. The summed E-state index contributed by atoms with van der Waals surface area (Å²) in [5.74, 6) is 1.78. The van der Waals surface area contributed by atoms with Crippen LogP contribution in [0.5, 0.6) is 5.75 Å². The minimum absolute atomic E-state index is 0. The van der Waals surface area contributed by atoms with Gasteiger partial charge in [-0.25, -0.2) is 0 Å². The number of nitrogens with one attached hydrogen (secondary N) is 2. The quantitative estimate of drug-likeness (QED) is 0.290. The van der Waals surface area contributed by atoms with E-state index >= 15 is 0 Å². The van der Waals surface area contributed by atoms with Gasteiger partial charge in [0.25, 0.3) is 0 Å². The molecule has 2 aliphatic heterocycles. The zero-order chi connectivity index (χ0) is 20.2. The molecule has 30 heavy (non-hydrogen) atoms. The number of piperidine rings is 1. The summed E-state index contributed by atoms with van der Waals surface area (Å²) < 4.78 is 11.5. The van der Waals surface area contributed by atoms with Crippen LogP contribution in [0.4, 0.5) is 0 Å². The average Bonchev–Trinajstić information content (AvgIpc) is 2.78. The molecule has 2 heterocycles. The van der Waals surface area contributed by atoms with Crippen LogP contribution in [0.15, 0.2) is 29.3 Å². The van der Waals surface area contributed by atoms with Gasteiger partial charge in [-0.15, -0.1) is 24.0 Å². The maximum absolute atomic E-state index is 6.08. The number of nitrogens with zero attached hydrogens (tertiary/aromatic N) is 3. The minimum Gasteiger partial charge on any atom is -0.492 e. The minimum atomic E-state index is 0. The summed E-state index contributed by atoms with van der Waals surface area (Å²) in [5.41, 5.74) is 1.15. The highest BCUT2D eigenvalue weighted by atomic mass is 127. The van der Waals surface area contributed by atoms with Gasteiger partial charge < -0.3 is 25.0 Å². The number of rotatable bonds is 9. The van der Waals surface area contributed by atoms with E-state index in [0.29, 0.717) is 13.2 Å². The van der Waals surface area contributed by atoms with Crippen molar-refractivity contribution in [3.63, 3.8) is 0 Å². The molecule has 8 heteroatoms. The van der Waals surface area contributed by atoms with Crippen molar-refractivity contribution in [2.24, 2.45) is 4.99 Å². The van der Waals surface area contributed by atoms with Crippen LogP contribution in [-0.2, 0) is 11.3 Å². The molecule has 2 fully saturated rings. The van der Waals surface area contributed by atoms with Gasteiger partial charge in [-0.3, -0.25) is 9.89 Å². The van der Waals surface area contributed by atoms with E-state index in [0.717, 1.165) is 63.2 Å². The molecular weight excluding hydrogens is 493 g/mol. The second-order valence-corrected chi connectivity index (χ2v) is 7.67. The zero-order valence-corrected chi connectivity index (χ0v) is 20.6. The Morgan fingerprint density at radius 2 is 1.73 bits per heavy atom. The average molecular weight is 531 g/mol. The van der Waals surface area contributed by atoms with E-state index < -0.39 is 0 Å². The third kappa shape index (κ3) is 8.95. The van der Waals surface area contributed by atoms with Crippen molar-refractivity contribution in [1.82, 2.24) is 20.4 Å². The Kier molecular flexibility index (Phi) is 12.4. The number of hydrogen-bond donors (Lipinski definition) is 2. The van der Waals surface area contributed by atoms with E-state index in [1.807, 2.05) is 19.2 Å². The van der Waals surface area contributed by atoms with Gasteiger partial charge in [0.2, 0.25) is 0 Å². The fourth-order valence-corrected chi connectivity index (χ4v) is 3.82. The Morgan fingerprint density at radius 1 is 1.00 bits per heavy atom. The highest BCUT2D eigenvalue weighted by Crippen LogP contribution is 2.17. The molecular formula is C22H38IN5O2. The highest BCUT2D eigenvalue weighted by Gasteiger charge is 2.11. The van der Waals surface area contributed by atoms with Crippen LogP contribution in [0.1, 0.15) is 24.8 Å². The first kappa shape index (κ1) is 25.2. The maximum atomic E-state index is 6.08.